The number of thiocarbonyl (C=S) groups is 1. The maximum Gasteiger partial charge on any atom is 0.338 e. The lowest BCUT2D eigenvalue weighted by Gasteiger charge is -2.33. The Morgan fingerprint density at radius 3 is 2.65 bits per heavy atom. The van der Waals surface area contributed by atoms with Crippen molar-refractivity contribution in [2.24, 2.45) is 5.92 Å². The second kappa shape index (κ2) is 10.6. The zero-order valence-corrected chi connectivity index (χ0v) is 19.7. The summed E-state index contributed by atoms with van der Waals surface area (Å²) in [5.74, 6) is 0.446. The van der Waals surface area contributed by atoms with Crippen molar-refractivity contribution in [2.75, 3.05) is 29.9 Å². The smallest absolute Gasteiger partial charge is 0.338 e. The Balaban J connectivity index is 1.57. The Labute approximate surface area is 191 Å². The molecule has 2 unspecified atom stereocenters. The van der Waals surface area contributed by atoms with Gasteiger partial charge in [0.05, 0.1) is 18.2 Å². The first kappa shape index (κ1) is 23.1. The van der Waals surface area contributed by atoms with E-state index < -0.39 is 0 Å². The van der Waals surface area contributed by atoms with Crippen molar-refractivity contribution in [2.45, 2.75) is 46.6 Å². The Kier molecular flexibility index (Phi) is 7.91. The van der Waals surface area contributed by atoms with Gasteiger partial charge in [0.1, 0.15) is 0 Å². The highest BCUT2D eigenvalue weighted by atomic mass is 32.1. The van der Waals surface area contributed by atoms with E-state index in [0.717, 1.165) is 30.3 Å². The Bertz CT molecular complexity index is 913. The van der Waals surface area contributed by atoms with Crippen LogP contribution in [0.3, 0.4) is 0 Å². The minimum atomic E-state index is -0.311. The van der Waals surface area contributed by atoms with Gasteiger partial charge in [-0.05, 0) is 93.2 Å². The van der Waals surface area contributed by atoms with Gasteiger partial charge in [0.2, 0.25) is 0 Å². The normalized spacial score (nSPS) is 17.0. The molecule has 0 amide bonds. The summed E-state index contributed by atoms with van der Waals surface area (Å²) in [6.45, 7) is 10.8. The number of nitrogens with one attached hydrogen (secondary N) is 2. The van der Waals surface area contributed by atoms with Gasteiger partial charge in [0.15, 0.2) is 5.11 Å². The molecule has 2 N–H and O–H groups in total. The SMILES string of the molecule is CCOC(=O)c1ccc(NC(=S)NC(C)c2ccc(N3CCCC(C)C3)cc2)c(C)c1. The van der Waals surface area contributed by atoms with E-state index in [-0.39, 0.29) is 12.0 Å². The summed E-state index contributed by atoms with van der Waals surface area (Å²) < 4.78 is 5.06. The second-order valence-corrected chi connectivity index (χ2v) is 8.76. The number of carbonyl (C=O) groups is 1. The number of rotatable bonds is 6. The van der Waals surface area contributed by atoms with Gasteiger partial charge < -0.3 is 20.3 Å². The number of carbonyl (C=O) groups excluding carboxylic acids is 1. The van der Waals surface area contributed by atoms with Crippen LogP contribution in [0.25, 0.3) is 0 Å². The molecule has 2 atom stereocenters. The minimum Gasteiger partial charge on any atom is -0.462 e. The molecule has 1 aliphatic rings. The Morgan fingerprint density at radius 1 is 1.26 bits per heavy atom. The van der Waals surface area contributed by atoms with Crippen molar-refractivity contribution in [3.8, 4) is 0 Å². The number of benzene rings is 2. The molecule has 1 fully saturated rings. The third-order valence-electron chi connectivity index (χ3n) is 5.75. The first-order valence-electron chi connectivity index (χ1n) is 11.1. The Morgan fingerprint density at radius 2 is 2.00 bits per heavy atom. The monoisotopic (exact) mass is 439 g/mol. The first-order chi connectivity index (χ1) is 14.9. The lowest BCUT2D eigenvalue weighted by Crippen LogP contribution is -2.34. The molecule has 0 bridgehead atoms. The maximum atomic E-state index is 11.9. The van der Waals surface area contributed by atoms with E-state index >= 15 is 0 Å². The van der Waals surface area contributed by atoms with Crippen molar-refractivity contribution in [1.82, 2.24) is 5.32 Å². The summed E-state index contributed by atoms with van der Waals surface area (Å²) in [6, 6.07) is 14.3. The summed E-state index contributed by atoms with van der Waals surface area (Å²) in [5, 5.41) is 7.14. The number of anilines is 2. The molecule has 31 heavy (non-hydrogen) atoms. The highest BCUT2D eigenvalue weighted by molar-refractivity contribution is 7.80. The average Bonchev–Trinajstić information content (AvgIpc) is 2.75. The van der Waals surface area contributed by atoms with Crippen LogP contribution in [0, 0.1) is 12.8 Å². The highest BCUT2D eigenvalue weighted by Crippen LogP contribution is 2.25. The van der Waals surface area contributed by atoms with Crippen molar-refractivity contribution in [3.05, 3.63) is 59.2 Å². The van der Waals surface area contributed by atoms with E-state index in [1.165, 1.54) is 24.1 Å². The standard InChI is InChI=1S/C25H33N3O2S/c1-5-30-24(29)21-10-13-23(18(3)15-21)27-25(31)26-19(4)20-8-11-22(12-9-20)28-14-6-7-17(2)16-28/h8-13,15,17,19H,5-7,14,16H2,1-4H3,(H2,26,27,31). The van der Waals surface area contributed by atoms with Crippen LogP contribution in [0.2, 0.25) is 0 Å². The predicted molar refractivity (Wildman–Crippen MR) is 132 cm³/mol. The molecule has 0 saturated carbocycles. The van der Waals surface area contributed by atoms with Gasteiger partial charge in [-0.25, -0.2) is 4.79 Å². The van der Waals surface area contributed by atoms with Crippen LogP contribution in [0.4, 0.5) is 11.4 Å². The molecule has 3 rings (SSSR count). The summed E-state index contributed by atoms with van der Waals surface area (Å²) in [7, 11) is 0. The molecule has 0 aromatic heterocycles. The van der Waals surface area contributed by atoms with E-state index in [9.17, 15) is 4.79 Å². The van der Waals surface area contributed by atoms with Crippen molar-refractivity contribution in [1.29, 1.82) is 0 Å². The fourth-order valence-corrected chi connectivity index (χ4v) is 4.27. The molecule has 2 aromatic rings. The van der Waals surface area contributed by atoms with Crippen LogP contribution in [-0.4, -0.2) is 30.8 Å². The van der Waals surface area contributed by atoms with Crippen molar-refractivity contribution in [3.63, 3.8) is 0 Å². The zero-order valence-electron chi connectivity index (χ0n) is 18.9. The summed E-state index contributed by atoms with van der Waals surface area (Å²) in [5.41, 5.74) is 4.82. The molecule has 0 aliphatic carbocycles. The van der Waals surface area contributed by atoms with Gasteiger partial charge in [-0.1, -0.05) is 19.1 Å². The molecule has 6 heteroatoms. The molecule has 1 heterocycles. The largest absolute Gasteiger partial charge is 0.462 e. The van der Waals surface area contributed by atoms with Crippen molar-refractivity contribution < 1.29 is 9.53 Å². The molecular weight excluding hydrogens is 406 g/mol. The fraction of sp³-hybridized carbons (Fsp3) is 0.440. The third-order valence-corrected chi connectivity index (χ3v) is 5.97. The number of ether oxygens (including phenoxy) is 1. The molecule has 2 aromatic carbocycles. The minimum absolute atomic E-state index is 0.0773. The number of nitrogens with zero attached hydrogens (tertiary/aromatic N) is 1. The van der Waals surface area contributed by atoms with Crippen molar-refractivity contribution >= 4 is 34.7 Å². The van der Waals surface area contributed by atoms with Gasteiger partial charge in [0, 0.05) is 24.5 Å². The molecule has 1 aliphatic heterocycles. The molecule has 0 radical (unpaired) electrons. The number of esters is 1. The van der Waals surface area contributed by atoms with Gasteiger partial charge in [0.25, 0.3) is 0 Å². The summed E-state index contributed by atoms with van der Waals surface area (Å²) >= 11 is 5.52. The van der Waals surface area contributed by atoms with Crippen LogP contribution >= 0.6 is 12.2 Å². The second-order valence-electron chi connectivity index (χ2n) is 8.36. The molecule has 1 saturated heterocycles. The van der Waals surface area contributed by atoms with Crippen LogP contribution in [0.1, 0.15) is 61.1 Å². The van der Waals surface area contributed by atoms with E-state index in [0.29, 0.717) is 17.3 Å². The van der Waals surface area contributed by atoms with Gasteiger partial charge in [-0.3, -0.25) is 0 Å². The van der Waals surface area contributed by atoms with Gasteiger partial charge in [-0.15, -0.1) is 0 Å². The third kappa shape index (κ3) is 6.20. The van der Waals surface area contributed by atoms with Crippen LogP contribution < -0.4 is 15.5 Å². The number of hydrogen-bond donors (Lipinski definition) is 2. The molecule has 5 nitrogen and oxygen atoms in total. The van der Waals surface area contributed by atoms with E-state index in [4.69, 9.17) is 17.0 Å². The van der Waals surface area contributed by atoms with Crippen LogP contribution in [-0.2, 0) is 4.74 Å². The molecule has 166 valence electrons. The van der Waals surface area contributed by atoms with E-state index in [1.807, 2.05) is 19.1 Å². The lowest BCUT2D eigenvalue weighted by atomic mass is 9.99. The van der Waals surface area contributed by atoms with Gasteiger partial charge >= 0.3 is 5.97 Å². The maximum absolute atomic E-state index is 11.9. The number of piperidine rings is 1. The summed E-state index contributed by atoms with van der Waals surface area (Å²) in [4.78, 5) is 14.4. The van der Waals surface area contributed by atoms with Crippen LogP contribution in [0.15, 0.2) is 42.5 Å². The fourth-order valence-electron chi connectivity index (χ4n) is 3.98. The molecular formula is C25H33N3O2S. The van der Waals surface area contributed by atoms with Crippen LogP contribution in [0.5, 0.6) is 0 Å². The highest BCUT2D eigenvalue weighted by Gasteiger charge is 2.17. The van der Waals surface area contributed by atoms with E-state index in [1.54, 1.807) is 13.0 Å². The molecule has 0 spiro atoms. The van der Waals surface area contributed by atoms with E-state index in [2.05, 4.69) is 53.6 Å². The average molecular weight is 440 g/mol. The summed E-state index contributed by atoms with van der Waals surface area (Å²) in [6.07, 6.45) is 2.59. The first-order valence-corrected chi connectivity index (χ1v) is 11.5. The lowest BCUT2D eigenvalue weighted by molar-refractivity contribution is 0.0526. The van der Waals surface area contributed by atoms with Gasteiger partial charge in [-0.2, -0.15) is 0 Å². The topological polar surface area (TPSA) is 53.6 Å². The Hall–Kier alpha value is -2.60. The zero-order chi connectivity index (χ0) is 22.4. The quantitative estimate of drug-likeness (QED) is 0.461. The predicted octanol–water partition coefficient (Wildman–Crippen LogP) is 5.46. The number of aryl methyl sites for hydroxylation is 1. The number of hydrogen-bond acceptors (Lipinski definition) is 4.